The van der Waals surface area contributed by atoms with Crippen LogP contribution in [0, 0.1) is 0 Å². The maximum absolute atomic E-state index is 6.40. The van der Waals surface area contributed by atoms with Gasteiger partial charge < -0.3 is 9.32 Å². The highest BCUT2D eigenvalue weighted by atomic mass is 16.3. The third kappa shape index (κ3) is 5.81. The predicted octanol–water partition coefficient (Wildman–Crippen LogP) is 14.9. The van der Waals surface area contributed by atoms with Crippen molar-refractivity contribution in [2.24, 2.45) is 0 Å². The summed E-state index contributed by atoms with van der Waals surface area (Å²) in [5.74, 6) is 0. The molecule has 10 rings (SSSR count). The first-order valence-corrected chi connectivity index (χ1v) is 18.4. The minimum atomic E-state index is 0.907. The van der Waals surface area contributed by atoms with Crippen LogP contribution < -0.4 is 4.90 Å². The lowest BCUT2D eigenvalue weighted by Crippen LogP contribution is -2.10. The van der Waals surface area contributed by atoms with E-state index in [-0.39, 0.29) is 0 Å². The number of rotatable bonds is 7. The zero-order valence-electron chi connectivity index (χ0n) is 29.6. The normalized spacial score (nSPS) is 11.3. The molecule has 0 aliphatic rings. The van der Waals surface area contributed by atoms with Gasteiger partial charge in [-0.05, 0) is 98.2 Å². The molecule has 0 unspecified atom stereocenters. The van der Waals surface area contributed by atoms with E-state index in [2.05, 4.69) is 205 Å². The first-order valence-electron chi connectivity index (χ1n) is 18.4. The Balaban J connectivity index is 1.04. The molecule has 2 nitrogen and oxygen atoms in total. The van der Waals surface area contributed by atoms with Gasteiger partial charge in [0.25, 0.3) is 0 Å². The van der Waals surface area contributed by atoms with Crippen molar-refractivity contribution in [3.05, 3.63) is 212 Å². The second kappa shape index (κ2) is 13.4. The summed E-state index contributed by atoms with van der Waals surface area (Å²) >= 11 is 0. The molecular weight excluding hydrogens is 655 g/mol. The molecule has 2 heteroatoms. The van der Waals surface area contributed by atoms with Crippen LogP contribution in [0.5, 0.6) is 0 Å². The summed E-state index contributed by atoms with van der Waals surface area (Å²) in [6.07, 6.45) is 0. The van der Waals surface area contributed by atoms with Crippen LogP contribution in [0.4, 0.5) is 17.1 Å². The molecule has 0 atom stereocenters. The Morgan fingerprint density at radius 1 is 0.296 bits per heavy atom. The maximum Gasteiger partial charge on any atom is 0.143 e. The molecule has 0 fully saturated rings. The number of para-hydroxylation sites is 2. The first-order chi connectivity index (χ1) is 26.7. The molecular formula is C52H35NO. The fourth-order valence-electron chi connectivity index (χ4n) is 7.69. The Hall–Kier alpha value is -7.16. The van der Waals surface area contributed by atoms with Crippen LogP contribution in [-0.4, -0.2) is 0 Å². The zero-order valence-corrected chi connectivity index (χ0v) is 29.6. The lowest BCUT2D eigenvalue weighted by molar-refractivity contribution is 0.670. The van der Waals surface area contributed by atoms with Crippen molar-refractivity contribution in [3.63, 3.8) is 0 Å². The van der Waals surface area contributed by atoms with E-state index in [0.717, 1.165) is 50.1 Å². The maximum atomic E-state index is 6.40. The minimum Gasteiger partial charge on any atom is -0.455 e. The van der Waals surface area contributed by atoms with Crippen molar-refractivity contribution in [2.45, 2.75) is 0 Å². The third-order valence-corrected chi connectivity index (χ3v) is 10.5. The van der Waals surface area contributed by atoms with E-state index in [1.54, 1.807) is 0 Å². The summed E-state index contributed by atoms with van der Waals surface area (Å²) in [4.78, 5) is 2.35. The number of anilines is 3. The smallest absolute Gasteiger partial charge is 0.143 e. The topological polar surface area (TPSA) is 16.4 Å². The molecule has 0 aliphatic heterocycles. The molecule has 1 heterocycles. The van der Waals surface area contributed by atoms with Gasteiger partial charge in [-0.2, -0.15) is 0 Å². The van der Waals surface area contributed by atoms with Crippen LogP contribution in [0.15, 0.2) is 217 Å². The number of furan rings is 1. The lowest BCUT2D eigenvalue weighted by atomic mass is 9.99. The number of fused-ring (bicyclic) bond motifs is 4. The van der Waals surface area contributed by atoms with Crippen molar-refractivity contribution in [1.82, 2.24) is 0 Å². The fraction of sp³-hybridized carbons (Fsp3) is 0. The number of benzene rings is 9. The summed E-state index contributed by atoms with van der Waals surface area (Å²) in [5, 5.41) is 4.75. The molecule has 1 aromatic heterocycles. The van der Waals surface area contributed by atoms with E-state index in [0.29, 0.717) is 0 Å². The second-order valence-electron chi connectivity index (χ2n) is 13.8. The molecule has 0 bridgehead atoms. The van der Waals surface area contributed by atoms with Crippen LogP contribution in [0.3, 0.4) is 0 Å². The first kappa shape index (κ1) is 31.6. The Bertz CT molecular complexity index is 2900. The van der Waals surface area contributed by atoms with Gasteiger partial charge in [0.05, 0.1) is 0 Å². The SMILES string of the molecule is c1ccc(-c2ccc(-c3ccc(N(c4ccc(-c5cccc6c5oc5ccccc56)cc4)c4cccc(-c5ccc6ccccc6c5)c4)cc3)cc2)cc1. The molecule has 0 aliphatic carbocycles. The van der Waals surface area contributed by atoms with Crippen molar-refractivity contribution < 1.29 is 4.42 Å². The molecule has 0 radical (unpaired) electrons. The van der Waals surface area contributed by atoms with Crippen molar-refractivity contribution in [1.29, 1.82) is 0 Å². The van der Waals surface area contributed by atoms with Gasteiger partial charge in [-0.1, -0.05) is 164 Å². The zero-order chi connectivity index (χ0) is 35.8. The van der Waals surface area contributed by atoms with Gasteiger partial charge in [-0.25, -0.2) is 0 Å². The Morgan fingerprint density at radius 2 is 0.815 bits per heavy atom. The quantitative estimate of drug-likeness (QED) is 0.166. The highest BCUT2D eigenvalue weighted by molar-refractivity contribution is 6.09. The third-order valence-electron chi connectivity index (χ3n) is 10.5. The number of hydrogen-bond donors (Lipinski definition) is 0. The van der Waals surface area contributed by atoms with Crippen LogP contribution in [0.1, 0.15) is 0 Å². The molecule has 54 heavy (non-hydrogen) atoms. The molecule has 0 saturated carbocycles. The van der Waals surface area contributed by atoms with Crippen molar-refractivity contribution in [2.75, 3.05) is 4.90 Å². The Labute approximate surface area is 314 Å². The predicted molar refractivity (Wildman–Crippen MR) is 228 cm³/mol. The standard InChI is InChI=1S/C52H35NO/c1-2-10-36(11-3-1)38-20-22-39(23-21-38)40-26-30-45(31-27-40)53(47-15-8-14-43(35-47)44-25-24-37-12-4-5-13-42(37)34-44)46-32-28-41(29-33-46)48-17-9-18-50-49-16-6-7-19-51(49)54-52(48)50/h1-35H. The van der Waals surface area contributed by atoms with E-state index in [1.807, 2.05) is 12.1 Å². The van der Waals surface area contributed by atoms with E-state index in [1.165, 1.54) is 44.2 Å². The summed E-state index contributed by atoms with van der Waals surface area (Å²) in [6, 6.07) is 75.9. The van der Waals surface area contributed by atoms with Gasteiger partial charge in [0.2, 0.25) is 0 Å². The van der Waals surface area contributed by atoms with Gasteiger partial charge in [-0.15, -0.1) is 0 Å². The van der Waals surface area contributed by atoms with Gasteiger partial charge in [0, 0.05) is 33.4 Å². The molecule has 0 amide bonds. The van der Waals surface area contributed by atoms with Crippen LogP contribution in [0.2, 0.25) is 0 Å². The molecule has 10 aromatic rings. The van der Waals surface area contributed by atoms with Crippen LogP contribution in [0.25, 0.3) is 77.2 Å². The number of hydrogen-bond acceptors (Lipinski definition) is 2. The van der Waals surface area contributed by atoms with Crippen molar-refractivity contribution in [3.8, 4) is 44.5 Å². The highest BCUT2D eigenvalue weighted by Crippen LogP contribution is 2.40. The van der Waals surface area contributed by atoms with E-state index < -0.39 is 0 Å². The summed E-state index contributed by atoms with van der Waals surface area (Å²) in [5.41, 5.74) is 14.4. The molecule has 0 spiro atoms. The summed E-state index contributed by atoms with van der Waals surface area (Å²) in [6.45, 7) is 0. The Morgan fingerprint density at radius 3 is 1.56 bits per heavy atom. The molecule has 0 saturated heterocycles. The Kier molecular flexibility index (Phi) is 7.85. The van der Waals surface area contributed by atoms with E-state index in [9.17, 15) is 0 Å². The summed E-state index contributed by atoms with van der Waals surface area (Å²) in [7, 11) is 0. The molecule has 254 valence electrons. The second-order valence-corrected chi connectivity index (χ2v) is 13.8. The van der Waals surface area contributed by atoms with Crippen LogP contribution in [-0.2, 0) is 0 Å². The fourth-order valence-corrected chi connectivity index (χ4v) is 7.69. The van der Waals surface area contributed by atoms with Gasteiger partial charge in [0.15, 0.2) is 0 Å². The monoisotopic (exact) mass is 689 g/mol. The molecule has 9 aromatic carbocycles. The van der Waals surface area contributed by atoms with Crippen molar-refractivity contribution >= 4 is 49.8 Å². The van der Waals surface area contributed by atoms with Gasteiger partial charge in [-0.3, -0.25) is 0 Å². The van der Waals surface area contributed by atoms with E-state index in [4.69, 9.17) is 4.42 Å². The largest absolute Gasteiger partial charge is 0.455 e. The average molecular weight is 690 g/mol. The highest BCUT2D eigenvalue weighted by Gasteiger charge is 2.16. The van der Waals surface area contributed by atoms with Gasteiger partial charge in [0.1, 0.15) is 11.2 Å². The summed E-state index contributed by atoms with van der Waals surface area (Å²) < 4.78 is 6.40. The van der Waals surface area contributed by atoms with E-state index >= 15 is 0 Å². The minimum absolute atomic E-state index is 0.907. The van der Waals surface area contributed by atoms with Gasteiger partial charge >= 0.3 is 0 Å². The number of nitrogens with zero attached hydrogens (tertiary/aromatic N) is 1. The lowest BCUT2D eigenvalue weighted by Gasteiger charge is -2.26. The van der Waals surface area contributed by atoms with Crippen LogP contribution >= 0.6 is 0 Å². The average Bonchev–Trinajstić information content (AvgIpc) is 3.64. The molecule has 0 N–H and O–H groups in total.